The molecular formula is C15H21N3O2. The lowest BCUT2D eigenvalue weighted by Crippen LogP contribution is -2.35. The van der Waals surface area contributed by atoms with Crippen molar-refractivity contribution >= 4 is 11.0 Å². The minimum absolute atomic E-state index is 0.373. The molecule has 5 nitrogen and oxygen atoms in total. The number of fused-ring (bicyclic) bond motifs is 1. The zero-order valence-corrected chi connectivity index (χ0v) is 11.9. The van der Waals surface area contributed by atoms with E-state index in [2.05, 4.69) is 28.2 Å². The second-order valence-corrected chi connectivity index (χ2v) is 5.37. The molecular weight excluding hydrogens is 254 g/mol. The molecule has 0 radical (unpaired) electrons. The highest BCUT2D eigenvalue weighted by molar-refractivity contribution is 5.76. The SMILES string of the molecule is CCN(Cc1cccc2nonc12)CC1CCCCO1. The molecule has 2 aromatic rings. The molecule has 1 unspecified atom stereocenters. The summed E-state index contributed by atoms with van der Waals surface area (Å²) < 4.78 is 10.7. The Morgan fingerprint density at radius 1 is 1.30 bits per heavy atom. The Morgan fingerprint density at radius 3 is 3.05 bits per heavy atom. The average Bonchev–Trinajstić information content (AvgIpc) is 2.97. The Kier molecular flexibility index (Phi) is 4.28. The number of ether oxygens (including phenoxy) is 1. The van der Waals surface area contributed by atoms with Gasteiger partial charge in [-0.2, -0.15) is 0 Å². The first-order valence-electron chi connectivity index (χ1n) is 7.41. The van der Waals surface area contributed by atoms with Crippen molar-refractivity contribution in [3.05, 3.63) is 23.8 Å². The van der Waals surface area contributed by atoms with Crippen LogP contribution in [-0.2, 0) is 11.3 Å². The van der Waals surface area contributed by atoms with Gasteiger partial charge in [0, 0.05) is 19.7 Å². The molecule has 1 aliphatic heterocycles. The van der Waals surface area contributed by atoms with Crippen LogP contribution in [0.5, 0.6) is 0 Å². The topological polar surface area (TPSA) is 51.4 Å². The van der Waals surface area contributed by atoms with Gasteiger partial charge in [0.2, 0.25) is 0 Å². The van der Waals surface area contributed by atoms with Gasteiger partial charge in [-0.25, -0.2) is 4.63 Å². The summed E-state index contributed by atoms with van der Waals surface area (Å²) in [5.74, 6) is 0. The van der Waals surface area contributed by atoms with E-state index in [0.717, 1.165) is 37.3 Å². The van der Waals surface area contributed by atoms with Gasteiger partial charge in [-0.15, -0.1) is 0 Å². The Balaban J connectivity index is 1.69. The number of hydrogen-bond acceptors (Lipinski definition) is 5. The van der Waals surface area contributed by atoms with Crippen LogP contribution < -0.4 is 0 Å². The summed E-state index contributed by atoms with van der Waals surface area (Å²) in [6, 6.07) is 6.03. The van der Waals surface area contributed by atoms with E-state index < -0.39 is 0 Å². The van der Waals surface area contributed by atoms with Crippen molar-refractivity contribution in [2.75, 3.05) is 19.7 Å². The van der Waals surface area contributed by atoms with Crippen molar-refractivity contribution in [2.24, 2.45) is 0 Å². The predicted octanol–water partition coefficient (Wildman–Crippen LogP) is 2.61. The van der Waals surface area contributed by atoms with Crippen molar-refractivity contribution in [3.8, 4) is 0 Å². The van der Waals surface area contributed by atoms with E-state index in [4.69, 9.17) is 9.37 Å². The van der Waals surface area contributed by atoms with E-state index >= 15 is 0 Å². The van der Waals surface area contributed by atoms with E-state index in [9.17, 15) is 0 Å². The van der Waals surface area contributed by atoms with Gasteiger partial charge in [0.15, 0.2) is 0 Å². The van der Waals surface area contributed by atoms with Crippen LogP contribution in [0.4, 0.5) is 0 Å². The lowest BCUT2D eigenvalue weighted by atomic mass is 10.1. The minimum Gasteiger partial charge on any atom is -0.377 e. The van der Waals surface area contributed by atoms with Gasteiger partial charge in [0.1, 0.15) is 11.0 Å². The molecule has 1 aromatic heterocycles. The van der Waals surface area contributed by atoms with E-state index in [0.29, 0.717) is 6.10 Å². The van der Waals surface area contributed by atoms with Gasteiger partial charge in [0.25, 0.3) is 0 Å². The summed E-state index contributed by atoms with van der Waals surface area (Å²) in [6.07, 6.45) is 4.03. The van der Waals surface area contributed by atoms with E-state index in [-0.39, 0.29) is 0 Å². The largest absolute Gasteiger partial charge is 0.377 e. The normalized spacial score (nSPS) is 19.8. The number of benzene rings is 1. The van der Waals surface area contributed by atoms with Gasteiger partial charge < -0.3 is 4.74 Å². The molecule has 1 aliphatic rings. The van der Waals surface area contributed by atoms with Gasteiger partial charge in [-0.3, -0.25) is 4.90 Å². The van der Waals surface area contributed by atoms with E-state index in [1.54, 1.807) is 0 Å². The van der Waals surface area contributed by atoms with Crippen LogP contribution in [0.15, 0.2) is 22.8 Å². The number of hydrogen-bond donors (Lipinski definition) is 0. The maximum atomic E-state index is 5.83. The molecule has 3 rings (SSSR count). The minimum atomic E-state index is 0.373. The molecule has 108 valence electrons. The van der Waals surface area contributed by atoms with Gasteiger partial charge in [0.05, 0.1) is 6.10 Å². The lowest BCUT2D eigenvalue weighted by Gasteiger charge is -2.29. The van der Waals surface area contributed by atoms with E-state index in [1.165, 1.54) is 24.8 Å². The van der Waals surface area contributed by atoms with Crippen molar-refractivity contribution in [1.29, 1.82) is 0 Å². The lowest BCUT2D eigenvalue weighted by molar-refractivity contribution is -0.00618. The fraction of sp³-hybridized carbons (Fsp3) is 0.600. The van der Waals surface area contributed by atoms with Gasteiger partial charge in [-0.1, -0.05) is 19.1 Å². The molecule has 0 saturated carbocycles. The summed E-state index contributed by atoms with van der Waals surface area (Å²) in [6.45, 7) is 5.94. The van der Waals surface area contributed by atoms with Crippen molar-refractivity contribution in [2.45, 2.75) is 38.8 Å². The zero-order chi connectivity index (χ0) is 13.8. The maximum absolute atomic E-state index is 5.83. The fourth-order valence-corrected chi connectivity index (χ4v) is 2.78. The number of rotatable bonds is 5. The van der Waals surface area contributed by atoms with Crippen LogP contribution >= 0.6 is 0 Å². The Labute approximate surface area is 118 Å². The summed E-state index contributed by atoms with van der Waals surface area (Å²) in [7, 11) is 0. The summed E-state index contributed by atoms with van der Waals surface area (Å²) in [5, 5.41) is 7.91. The first-order chi connectivity index (χ1) is 9.86. The van der Waals surface area contributed by atoms with Gasteiger partial charge in [-0.05, 0) is 47.8 Å². The molecule has 1 fully saturated rings. The molecule has 5 heteroatoms. The second-order valence-electron chi connectivity index (χ2n) is 5.37. The molecule has 2 heterocycles. The molecule has 1 atom stereocenters. The van der Waals surface area contributed by atoms with Crippen LogP contribution in [0.1, 0.15) is 31.7 Å². The summed E-state index contributed by atoms with van der Waals surface area (Å²) in [4.78, 5) is 2.40. The first-order valence-corrected chi connectivity index (χ1v) is 7.41. The van der Waals surface area contributed by atoms with Crippen LogP contribution in [0, 0.1) is 0 Å². The molecule has 1 aromatic carbocycles. The third kappa shape index (κ3) is 2.99. The Bertz CT molecular complexity index is 549. The third-order valence-electron chi connectivity index (χ3n) is 3.95. The summed E-state index contributed by atoms with van der Waals surface area (Å²) in [5.41, 5.74) is 2.87. The van der Waals surface area contributed by atoms with E-state index in [1.807, 2.05) is 12.1 Å². The molecule has 0 amide bonds. The average molecular weight is 275 g/mol. The molecule has 0 aliphatic carbocycles. The van der Waals surface area contributed by atoms with Crippen LogP contribution in [0.25, 0.3) is 11.0 Å². The highest BCUT2D eigenvalue weighted by Gasteiger charge is 2.18. The maximum Gasteiger partial charge on any atom is 0.139 e. The number of likely N-dealkylation sites (N-methyl/N-ethyl adjacent to an activating group) is 1. The third-order valence-corrected chi connectivity index (χ3v) is 3.95. The smallest absolute Gasteiger partial charge is 0.139 e. The van der Waals surface area contributed by atoms with Crippen LogP contribution in [-0.4, -0.2) is 41.0 Å². The first kappa shape index (κ1) is 13.5. The molecule has 0 N–H and O–H groups in total. The fourth-order valence-electron chi connectivity index (χ4n) is 2.78. The van der Waals surface area contributed by atoms with Crippen LogP contribution in [0.3, 0.4) is 0 Å². The predicted molar refractivity (Wildman–Crippen MR) is 76.3 cm³/mol. The highest BCUT2D eigenvalue weighted by Crippen LogP contribution is 2.19. The Hall–Kier alpha value is -1.46. The molecule has 0 spiro atoms. The number of nitrogens with zero attached hydrogens (tertiary/aromatic N) is 3. The summed E-state index contributed by atoms with van der Waals surface area (Å²) >= 11 is 0. The standard InChI is InChI=1S/C15H21N3O2/c1-2-18(11-13-7-3-4-9-19-13)10-12-6-5-8-14-15(12)17-20-16-14/h5-6,8,13H,2-4,7,9-11H2,1H3. The van der Waals surface area contributed by atoms with Gasteiger partial charge >= 0.3 is 0 Å². The van der Waals surface area contributed by atoms with Crippen molar-refractivity contribution < 1.29 is 9.37 Å². The van der Waals surface area contributed by atoms with Crippen LogP contribution in [0.2, 0.25) is 0 Å². The zero-order valence-electron chi connectivity index (χ0n) is 11.9. The Morgan fingerprint density at radius 2 is 2.25 bits per heavy atom. The second kappa shape index (κ2) is 6.33. The molecule has 0 bridgehead atoms. The number of aromatic nitrogens is 2. The van der Waals surface area contributed by atoms with Crippen molar-refractivity contribution in [3.63, 3.8) is 0 Å². The quantitative estimate of drug-likeness (QED) is 0.839. The highest BCUT2D eigenvalue weighted by atomic mass is 16.6. The molecule has 1 saturated heterocycles. The molecule has 20 heavy (non-hydrogen) atoms. The monoisotopic (exact) mass is 275 g/mol. The van der Waals surface area contributed by atoms with Crippen molar-refractivity contribution in [1.82, 2.24) is 15.2 Å².